The number of benzene rings is 2. The second-order valence-corrected chi connectivity index (χ2v) is 4.83. The van der Waals surface area contributed by atoms with Crippen LogP contribution in [0.3, 0.4) is 0 Å². The van der Waals surface area contributed by atoms with Gasteiger partial charge in [0.2, 0.25) is 5.91 Å². The molecule has 112 valence electrons. The van der Waals surface area contributed by atoms with Crippen LogP contribution in [0.25, 0.3) is 16.9 Å². The zero-order valence-electron chi connectivity index (χ0n) is 12.2. The van der Waals surface area contributed by atoms with Gasteiger partial charge in [-0.3, -0.25) is 4.79 Å². The molecule has 0 aliphatic carbocycles. The maximum absolute atomic E-state index is 11.4. The predicted octanol–water partition coefficient (Wildman–Crippen LogP) is 2.79. The van der Waals surface area contributed by atoms with Crippen molar-refractivity contribution in [1.82, 2.24) is 15.0 Å². The number of carbonyl (C=O) groups is 1. The zero-order valence-corrected chi connectivity index (χ0v) is 12.2. The number of amides is 1. The molecule has 0 unspecified atom stereocenters. The Labute approximate surface area is 133 Å². The molecule has 1 aromatic heterocycles. The molecule has 0 aliphatic heterocycles. The van der Waals surface area contributed by atoms with Crippen LogP contribution in [-0.4, -0.2) is 20.9 Å². The number of hydrogen-bond donors (Lipinski definition) is 1. The van der Waals surface area contributed by atoms with E-state index in [1.54, 1.807) is 23.0 Å². The molecular formula is C17H13N5O. The van der Waals surface area contributed by atoms with Gasteiger partial charge >= 0.3 is 0 Å². The highest BCUT2D eigenvalue weighted by molar-refractivity contribution is 5.92. The first kappa shape index (κ1) is 14.5. The maximum Gasteiger partial charge on any atom is 0.238 e. The summed E-state index contributed by atoms with van der Waals surface area (Å²) in [4.78, 5) is 11.4. The quantitative estimate of drug-likeness (QED) is 0.803. The van der Waals surface area contributed by atoms with Crippen molar-refractivity contribution < 1.29 is 4.79 Å². The van der Waals surface area contributed by atoms with E-state index >= 15 is 0 Å². The van der Waals surface area contributed by atoms with E-state index in [1.165, 1.54) is 0 Å². The van der Waals surface area contributed by atoms with Crippen LogP contribution in [0, 0.1) is 11.3 Å². The zero-order chi connectivity index (χ0) is 16.1. The van der Waals surface area contributed by atoms with Gasteiger partial charge in [-0.25, -0.2) is 4.68 Å². The molecule has 1 N–H and O–H groups in total. The standard InChI is InChI=1S/C17H13N5O/c18-11-10-17(23)20-14-6-8-15(9-7-14)22-16(12-19-21-22)13-4-2-1-3-5-13/h1-9,12H,10H2,(H,20,23). The van der Waals surface area contributed by atoms with E-state index in [1.807, 2.05) is 48.5 Å². The summed E-state index contributed by atoms with van der Waals surface area (Å²) in [5.74, 6) is -0.328. The summed E-state index contributed by atoms with van der Waals surface area (Å²) >= 11 is 0. The molecule has 6 nitrogen and oxygen atoms in total. The molecule has 0 radical (unpaired) electrons. The monoisotopic (exact) mass is 303 g/mol. The smallest absolute Gasteiger partial charge is 0.238 e. The van der Waals surface area contributed by atoms with Crippen LogP contribution in [0.1, 0.15) is 6.42 Å². The molecule has 3 aromatic rings. The van der Waals surface area contributed by atoms with Crippen LogP contribution in [0.5, 0.6) is 0 Å². The van der Waals surface area contributed by atoms with Crippen molar-refractivity contribution >= 4 is 11.6 Å². The molecule has 1 heterocycles. The maximum atomic E-state index is 11.4. The Kier molecular flexibility index (Phi) is 4.11. The van der Waals surface area contributed by atoms with Crippen molar-refractivity contribution in [2.24, 2.45) is 0 Å². The number of nitrogens with zero attached hydrogens (tertiary/aromatic N) is 4. The molecule has 23 heavy (non-hydrogen) atoms. The second-order valence-electron chi connectivity index (χ2n) is 4.83. The van der Waals surface area contributed by atoms with Gasteiger partial charge in [-0.15, -0.1) is 5.10 Å². The molecule has 0 spiro atoms. The highest BCUT2D eigenvalue weighted by Crippen LogP contribution is 2.22. The summed E-state index contributed by atoms with van der Waals surface area (Å²) in [6.07, 6.45) is 1.54. The van der Waals surface area contributed by atoms with Gasteiger partial charge in [0.15, 0.2) is 0 Å². The van der Waals surface area contributed by atoms with E-state index in [9.17, 15) is 4.79 Å². The largest absolute Gasteiger partial charge is 0.325 e. The number of hydrogen-bond acceptors (Lipinski definition) is 4. The molecule has 2 aromatic carbocycles. The summed E-state index contributed by atoms with van der Waals surface area (Å²) in [6, 6.07) is 18.9. The van der Waals surface area contributed by atoms with E-state index < -0.39 is 0 Å². The third-order valence-corrected chi connectivity index (χ3v) is 3.25. The Bertz CT molecular complexity index is 847. The number of carbonyl (C=O) groups excluding carboxylic acids is 1. The Balaban J connectivity index is 1.85. The molecule has 0 fully saturated rings. The fourth-order valence-electron chi connectivity index (χ4n) is 2.19. The first-order valence-corrected chi connectivity index (χ1v) is 7.01. The number of rotatable bonds is 4. The van der Waals surface area contributed by atoms with Crippen LogP contribution < -0.4 is 5.32 Å². The van der Waals surface area contributed by atoms with Gasteiger partial charge < -0.3 is 5.32 Å². The van der Waals surface area contributed by atoms with Crippen LogP contribution in [0.15, 0.2) is 60.8 Å². The van der Waals surface area contributed by atoms with Crippen molar-refractivity contribution in [3.8, 4) is 23.0 Å². The molecular weight excluding hydrogens is 290 g/mol. The fourth-order valence-corrected chi connectivity index (χ4v) is 2.19. The minimum Gasteiger partial charge on any atom is -0.325 e. The first-order valence-electron chi connectivity index (χ1n) is 7.01. The molecule has 0 saturated carbocycles. The van der Waals surface area contributed by atoms with Gasteiger partial charge in [-0.2, -0.15) is 5.26 Å². The minimum atomic E-state index is -0.328. The van der Waals surface area contributed by atoms with Crippen LogP contribution >= 0.6 is 0 Å². The van der Waals surface area contributed by atoms with E-state index in [0.717, 1.165) is 16.9 Å². The van der Waals surface area contributed by atoms with Crippen LogP contribution in [0.2, 0.25) is 0 Å². The molecule has 3 rings (SSSR count). The predicted molar refractivity (Wildman–Crippen MR) is 85.7 cm³/mol. The molecule has 0 saturated heterocycles. The van der Waals surface area contributed by atoms with E-state index in [2.05, 4.69) is 15.6 Å². The lowest BCUT2D eigenvalue weighted by Gasteiger charge is -2.08. The topological polar surface area (TPSA) is 83.6 Å². The van der Waals surface area contributed by atoms with Gasteiger partial charge in [0, 0.05) is 11.3 Å². The molecule has 0 bridgehead atoms. The van der Waals surface area contributed by atoms with E-state index in [0.29, 0.717) is 5.69 Å². The number of anilines is 1. The fraction of sp³-hybridized carbons (Fsp3) is 0.0588. The lowest BCUT2D eigenvalue weighted by molar-refractivity contribution is -0.115. The Morgan fingerprint density at radius 3 is 2.57 bits per heavy atom. The third-order valence-electron chi connectivity index (χ3n) is 3.25. The lowest BCUT2D eigenvalue weighted by atomic mass is 10.1. The van der Waals surface area contributed by atoms with Crippen molar-refractivity contribution in [2.45, 2.75) is 6.42 Å². The van der Waals surface area contributed by atoms with Crippen molar-refractivity contribution in [2.75, 3.05) is 5.32 Å². The van der Waals surface area contributed by atoms with Gasteiger partial charge in [-0.1, -0.05) is 35.5 Å². The summed E-state index contributed by atoms with van der Waals surface area (Å²) < 4.78 is 1.73. The van der Waals surface area contributed by atoms with E-state index in [4.69, 9.17) is 5.26 Å². The second kappa shape index (κ2) is 6.54. The van der Waals surface area contributed by atoms with Gasteiger partial charge in [0.1, 0.15) is 6.42 Å². The first-order chi connectivity index (χ1) is 11.3. The average molecular weight is 303 g/mol. The highest BCUT2D eigenvalue weighted by Gasteiger charge is 2.08. The number of aromatic nitrogens is 3. The van der Waals surface area contributed by atoms with Crippen molar-refractivity contribution in [1.29, 1.82) is 5.26 Å². The number of nitrogens with one attached hydrogen (secondary N) is 1. The Morgan fingerprint density at radius 1 is 1.13 bits per heavy atom. The molecule has 0 aliphatic rings. The van der Waals surface area contributed by atoms with Gasteiger partial charge in [0.05, 0.1) is 23.6 Å². The summed E-state index contributed by atoms with van der Waals surface area (Å²) in [7, 11) is 0. The van der Waals surface area contributed by atoms with Crippen LogP contribution in [0.4, 0.5) is 5.69 Å². The van der Waals surface area contributed by atoms with Crippen molar-refractivity contribution in [3.05, 3.63) is 60.8 Å². The minimum absolute atomic E-state index is 0.164. The van der Waals surface area contributed by atoms with Crippen molar-refractivity contribution in [3.63, 3.8) is 0 Å². The summed E-state index contributed by atoms with van der Waals surface area (Å²) in [5, 5.41) is 19.2. The SMILES string of the molecule is N#CCC(=O)Nc1ccc(-n2nncc2-c2ccccc2)cc1. The van der Waals surface area contributed by atoms with Gasteiger partial charge in [0.25, 0.3) is 0 Å². The Morgan fingerprint density at radius 2 is 1.87 bits per heavy atom. The Hall–Kier alpha value is -3.46. The summed E-state index contributed by atoms with van der Waals surface area (Å²) in [5.41, 5.74) is 3.37. The molecule has 1 amide bonds. The normalized spacial score (nSPS) is 10.0. The summed E-state index contributed by atoms with van der Waals surface area (Å²) in [6.45, 7) is 0. The van der Waals surface area contributed by atoms with Crippen LogP contribution in [-0.2, 0) is 4.79 Å². The lowest BCUT2D eigenvalue weighted by Crippen LogP contribution is -2.10. The third kappa shape index (κ3) is 3.24. The van der Waals surface area contributed by atoms with E-state index in [-0.39, 0.29) is 12.3 Å². The average Bonchev–Trinajstić information content (AvgIpc) is 3.06. The molecule has 0 atom stereocenters. The highest BCUT2D eigenvalue weighted by atomic mass is 16.1. The number of nitriles is 1. The molecule has 6 heteroatoms. The van der Waals surface area contributed by atoms with Gasteiger partial charge in [-0.05, 0) is 24.3 Å².